The molecule has 3 aliphatic rings. The van der Waals surface area contributed by atoms with Crippen molar-refractivity contribution in [2.75, 3.05) is 53.4 Å². The molecule has 1 saturated heterocycles. The van der Waals surface area contributed by atoms with Gasteiger partial charge in [0.15, 0.2) is 0 Å². The first-order chi connectivity index (χ1) is 14.8. The van der Waals surface area contributed by atoms with Crippen LogP contribution in [-0.4, -0.2) is 96.9 Å². The summed E-state index contributed by atoms with van der Waals surface area (Å²) in [6, 6.07) is 0.839. The Kier molecular flexibility index (Phi) is 9.20. The van der Waals surface area contributed by atoms with E-state index in [4.69, 9.17) is 0 Å². The Hall–Kier alpha value is -1.14. The van der Waals surface area contributed by atoms with Gasteiger partial charge in [-0.3, -0.25) is 19.4 Å². The third kappa shape index (κ3) is 7.18. The molecule has 3 rings (SSSR count). The smallest absolute Gasteiger partial charge is 0.236 e. The van der Waals surface area contributed by atoms with Crippen LogP contribution in [0.25, 0.3) is 0 Å². The quantitative estimate of drug-likeness (QED) is 0.645. The van der Waals surface area contributed by atoms with Crippen molar-refractivity contribution < 1.29 is 9.59 Å². The fraction of sp³-hybridized carbons (Fsp3) is 0.920. The van der Waals surface area contributed by atoms with Gasteiger partial charge in [0.25, 0.3) is 0 Å². The van der Waals surface area contributed by atoms with Crippen molar-refractivity contribution in [3.63, 3.8) is 0 Å². The number of carbonyl (C=O) groups is 2. The fourth-order valence-electron chi connectivity index (χ4n) is 5.61. The Morgan fingerprint density at radius 1 is 0.645 bits per heavy atom. The molecule has 2 amide bonds. The van der Waals surface area contributed by atoms with E-state index in [0.717, 1.165) is 70.1 Å². The first-order valence-electron chi connectivity index (χ1n) is 12.8. The number of hydrogen-bond donors (Lipinski definition) is 0. The van der Waals surface area contributed by atoms with E-state index in [1.54, 1.807) is 0 Å². The standard InChI is InChI=1S/C25H46N4O2/c1-20-6-10-22(11-7-20)26(3)24(30)18-28-14-5-15-29(17-16-28)19-25(31)27(4)23-12-8-21(2)9-13-23/h20-23H,5-19H2,1-4H3. The van der Waals surface area contributed by atoms with Crippen molar-refractivity contribution in [1.29, 1.82) is 0 Å². The van der Waals surface area contributed by atoms with Crippen LogP contribution in [0, 0.1) is 11.8 Å². The minimum atomic E-state index is 0.260. The maximum atomic E-state index is 12.9. The average Bonchev–Trinajstić information content (AvgIpc) is 2.98. The summed E-state index contributed by atoms with van der Waals surface area (Å²) >= 11 is 0. The van der Waals surface area contributed by atoms with Crippen molar-refractivity contribution in [2.24, 2.45) is 11.8 Å². The van der Waals surface area contributed by atoms with Gasteiger partial charge in [0, 0.05) is 39.3 Å². The summed E-state index contributed by atoms with van der Waals surface area (Å²) in [6.45, 7) is 9.32. The highest BCUT2D eigenvalue weighted by Gasteiger charge is 2.28. The van der Waals surface area contributed by atoms with E-state index in [0.29, 0.717) is 25.2 Å². The SMILES string of the molecule is CC1CCC(N(C)C(=O)CN2CCCN(CC(=O)N(C)C3CCC(C)CC3)CC2)CC1. The number of amides is 2. The molecular formula is C25H46N4O2. The molecule has 31 heavy (non-hydrogen) atoms. The minimum absolute atomic E-state index is 0.260. The molecule has 0 bridgehead atoms. The lowest BCUT2D eigenvalue weighted by Crippen LogP contribution is -2.46. The summed E-state index contributed by atoms with van der Waals surface area (Å²) in [6.07, 6.45) is 10.6. The van der Waals surface area contributed by atoms with Crippen LogP contribution in [0.4, 0.5) is 0 Å². The molecule has 2 saturated carbocycles. The Balaban J connectivity index is 1.40. The van der Waals surface area contributed by atoms with E-state index >= 15 is 0 Å². The molecule has 0 N–H and O–H groups in total. The summed E-state index contributed by atoms with van der Waals surface area (Å²) in [7, 11) is 3.99. The normalized spacial score (nSPS) is 31.1. The van der Waals surface area contributed by atoms with Crippen LogP contribution >= 0.6 is 0 Å². The average molecular weight is 435 g/mol. The number of hydrogen-bond acceptors (Lipinski definition) is 4. The molecule has 0 aromatic rings. The van der Waals surface area contributed by atoms with E-state index in [1.165, 1.54) is 25.7 Å². The van der Waals surface area contributed by atoms with Crippen molar-refractivity contribution in [2.45, 2.75) is 83.7 Å². The van der Waals surface area contributed by atoms with Crippen molar-refractivity contribution in [3.8, 4) is 0 Å². The molecule has 2 aliphatic carbocycles. The molecule has 1 heterocycles. The lowest BCUT2D eigenvalue weighted by Gasteiger charge is -2.35. The van der Waals surface area contributed by atoms with E-state index < -0.39 is 0 Å². The highest BCUT2D eigenvalue weighted by molar-refractivity contribution is 5.79. The topological polar surface area (TPSA) is 47.1 Å². The third-order valence-electron chi connectivity index (χ3n) is 8.25. The highest BCUT2D eigenvalue weighted by atomic mass is 16.2. The van der Waals surface area contributed by atoms with Crippen molar-refractivity contribution in [3.05, 3.63) is 0 Å². The molecule has 0 spiro atoms. The van der Waals surface area contributed by atoms with Crippen LogP contribution in [-0.2, 0) is 9.59 Å². The third-order valence-corrected chi connectivity index (χ3v) is 8.25. The van der Waals surface area contributed by atoms with Crippen molar-refractivity contribution in [1.82, 2.24) is 19.6 Å². The summed E-state index contributed by atoms with van der Waals surface area (Å²) < 4.78 is 0. The predicted octanol–water partition coefficient (Wildman–Crippen LogP) is 3.07. The summed E-state index contributed by atoms with van der Waals surface area (Å²) in [4.78, 5) is 34.3. The van der Waals surface area contributed by atoms with Crippen LogP contribution in [0.5, 0.6) is 0 Å². The number of rotatable bonds is 6. The van der Waals surface area contributed by atoms with Gasteiger partial charge in [0.2, 0.25) is 11.8 Å². The highest BCUT2D eigenvalue weighted by Crippen LogP contribution is 2.27. The van der Waals surface area contributed by atoms with Gasteiger partial charge in [0.05, 0.1) is 13.1 Å². The van der Waals surface area contributed by atoms with Crippen molar-refractivity contribution >= 4 is 11.8 Å². The monoisotopic (exact) mass is 434 g/mol. The van der Waals surface area contributed by atoms with Gasteiger partial charge in [-0.1, -0.05) is 13.8 Å². The molecule has 6 nitrogen and oxygen atoms in total. The van der Waals surface area contributed by atoms with Gasteiger partial charge in [-0.15, -0.1) is 0 Å². The maximum Gasteiger partial charge on any atom is 0.236 e. The molecule has 0 unspecified atom stereocenters. The van der Waals surface area contributed by atoms with Crippen LogP contribution in [0.3, 0.4) is 0 Å². The number of nitrogens with zero attached hydrogens (tertiary/aromatic N) is 4. The van der Waals surface area contributed by atoms with Crippen LogP contribution in [0.2, 0.25) is 0 Å². The Labute approximate surface area is 190 Å². The van der Waals surface area contributed by atoms with E-state index in [-0.39, 0.29) is 11.8 Å². The summed E-state index contributed by atoms with van der Waals surface area (Å²) in [5.74, 6) is 2.13. The van der Waals surface area contributed by atoms with Gasteiger partial charge in [0.1, 0.15) is 0 Å². The molecule has 1 aliphatic heterocycles. The minimum Gasteiger partial charge on any atom is -0.342 e. The van der Waals surface area contributed by atoms with Gasteiger partial charge < -0.3 is 9.80 Å². The maximum absolute atomic E-state index is 12.9. The van der Waals surface area contributed by atoms with Crippen LogP contribution in [0.15, 0.2) is 0 Å². The molecule has 0 atom stereocenters. The Morgan fingerprint density at radius 2 is 1.00 bits per heavy atom. The van der Waals surface area contributed by atoms with E-state index in [9.17, 15) is 9.59 Å². The lowest BCUT2D eigenvalue weighted by molar-refractivity contribution is -0.135. The van der Waals surface area contributed by atoms with Gasteiger partial charge in [-0.25, -0.2) is 0 Å². The molecule has 0 aromatic heterocycles. The lowest BCUT2D eigenvalue weighted by atomic mass is 9.87. The molecule has 0 radical (unpaired) electrons. The Morgan fingerprint density at radius 3 is 1.35 bits per heavy atom. The second-order valence-corrected chi connectivity index (χ2v) is 10.7. The molecular weight excluding hydrogens is 388 g/mol. The zero-order chi connectivity index (χ0) is 22.4. The van der Waals surface area contributed by atoms with E-state index in [2.05, 4.69) is 23.6 Å². The zero-order valence-corrected chi connectivity index (χ0v) is 20.5. The first kappa shape index (κ1) is 24.5. The molecule has 3 fully saturated rings. The summed E-state index contributed by atoms with van der Waals surface area (Å²) in [5, 5.41) is 0. The largest absolute Gasteiger partial charge is 0.342 e. The van der Waals surface area contributed by atoms with Gasteiger partial charge in [-0.05, 0) is 82.7 Å². The van der Waals surface area contributed by atoms with Crippen LogP contribution < -0.4 is 0 Å². The second kappa shape index (κ2) is 11.6. The molecule has 178 valence electrons. The second-order valence-electron chi connectivity index (χ2n) is 10.7. The van der Waals surface area contributed by atoms with Crippen LogP contribution in [0.1, 0.15) is 71.6 Å². The Bertz CT molecular complexity index is 532. The van der Waals surface area contributed by atoms with E-state index in [1.807, 2.05) is 23.9 Å². The van der Waals surface area contributed by atoms with Gasteiger partial charge in [-0.2, -0.15) is 0 Å². The molecule has 0 aromatic carbocycles. The zero-order valence-electron chi connectivity index (χ0n) is 20.5. The fourth-order valence-corrected chi connectivity index (χ4v) is 5.61. The van der Waals surface area contributed by atoms with Gasteiger partial charge >= 0.3 is 0 Å². The number of likely N-dealkylation sites (N-methyl/N-ethyl adjacent to an activating group) is 2. The molecule has 6 heteroatoms. The first-order valence-corrected chi connectivity index (χ1v) is 12.8. The predicted molar refractivity (Wildman–Crippen MR) is 126 cm³/mol. The number of carbonyl (C=O) groups excluding carboxylic acids is 2. The summed E-state index contributed by atoms with van der Waals surface area (Å²) in [5.41, 5.74) is 0.